The summed E-state index contributed by atoms with van der Waals surface area (Å²) in [6.07, 6.45) is -5.41. The molecule has 6 heteroatoms. The highest BCUT2D eigenvalue weighted by Gasteiger charge is 2.31. The van der Waals surface area contributed by atoms with Crippen LogP contribution in [0, 0.1) is 5.92 Å². The Balaban J connectivity index is 2.26. The van der Waals surface area contributed by atoms with Crippen LogP contribution >= 0.6 is 0 Å². The first-order chi connectivity index (χ1) is 6.38. The smallest absolute Gasteiger partial charge is 0.407 e. The van der Waals surface area contributed by atoms with Crippen molar-refractivity contribution in [3.8, 4) is 0 Å². The molecular weight excluding hydrogens is 199 g/mol. The molecule has 1 N–H and O–H groups in total. The second kappa shape index (κ2) is 4.06. The number of carboxylic acid groups (broad SMARTS) is 1. The van der Waals surface area contributed by atoms with E-state index in [0.717, 1.165) is 0 Å². The zero-order chi connectivity index (χ0) is 10.8. The fourth-order valence-electron chi connectivity index (χ4n) is 1.61. The van der Waals surface area contributed by atoms with Crippen molar-refractivity contribution in [2.24, 2.45) is 5.92 Å². The molecule has 1 rings (SSSR count). The van der Waals surface area contributed by atoms with E-state index in [1.165, 1.54) is 4.90 Å². The van der Waals surface area contributed by atoms with Gasteiger partial charge >= 0.3 is 12.3 Å². The number of hydrogen-bond donors (Lipinski definition) is 1. The lowest BCUT2D eigenvalue weighted by atomic mass is 10.0. The number of amides is 1. The Morgan fingerprint density at radius 3 is 2.57 bits per heavy atom. The first kappa shape index (κ1) is 11.1. The van der Waals surface area contributed by atoms with Crippen LogP contribution in [0.3, 0.4) is 0 Å². The van der Waals surface area contributed by atoms with Gasteiger partial charge in [-0.05, 0) is 18.8 Å². The van der Waals surface area contributed by atoms with Crippen LogP contribution in [0.2, 0.25) is 0 Å². The summed E-state index contributed by atoms with van der Waals surface area (Å²) < 4.78 is 35.5. The molecule has 0 spiro atoms. The number of halogens is 3. The lowest BCUT2D eigenvalue weighted by molar-refractivity contribution is -0.137. The van der Waals surface area contributed by atoms with Crippen LogP contribution in [0.1, 0.15) is 19.3 Å². The SMILES string of the molecule is O=C(O)N1CCC(CCC(F)(F)F)C1. The van der Waals surface area contributed by atoms with Crippen molar-refractivity contribution in [1.82, 2.24) is 4.90 Å². The summed E-state index contributed by atoms with van der Waals surface area (Å²) in [6, 6.07) is 0. The van der Waals surface area contributed by atoms with Crippen LogP contribution in [-0.2, 0) is 0 Å². The summed E-state index contributed by atoms with van der Waals surface area (Å²) >= 11 is 0. The lowest BCUT2D eigenvalue weighted by Crippen LogP contribution is -2.26. The number of likely N-dealkylation sites (tertiary alicyclic amines) is 1. The van der Waals surface area contributed by atoms with Crippen molar-refractivity contribution in [1.29, 1.82) is 0 Å². The van der Waals surface area contributed by atoms with Crippen molar-refractivity contribution in [2.45, 2.75) is 25.4 Å². The van der Waals surface area contributed by atoms with E-state index in [-0.39, 0.29) is 18.9 Å². The zero-order valence-corrected chi connectivity index (χ0v) is 7.55. The summed E-state index contributed by atoms with van der Waals surface area (Å²) in [5, 5.41) is 8.56. The van der Waals surface area contributed by atoms with E-state index in [2.05, 4.69) is 0 Å². The van der Waals surface area contributed by atoms with E-state index in [1.54, 1.807) is 0 Å². The summed E-state index contributed by atoms with van der Waals surface area (Å²) in [7, 11) is 0. The van der Waals surface area contributed by atoms with E-state index in [0.29, 0.717) is 13.0 Å². The van der Waals surface area contributed by atoms with Gasteiger partial charge < -0.3 is 10.0 Å². The Labute approximate surface area is 79.5 Å². The third-order valence-corrected chi connectivity index (χ3v) is 2.39. The fraction of sp³-hybridized carbons (Fsp3) is 0.875. The molecule has 0 radical (unpaired) electrons. The molecule has 82 valence electrons. The van der Waals surface area contributed by atoms with Gasteiger partial charge in [-0.15, -0.1) is 0 Å². The van der Waals surface area contributed by atoms with E-state index >= 15 is 0 Å². The molecule has 1 fully saturated rings. The normalized spacial score (nSPS) is 22.8. The highest BCUT2D eigenvalue weighted by molar-refractivity contribution is 5.65. The summed E-state index contributed by atoms with van der Waals surface area (Å²) in [4.78, 5) is 11.6. The quantitative estimate of drug-likeness (QED) is 0.761. The molecule has 0 saturated carbocycles. The van der Waals surface area contributed by atoms with Gasteiger partial charge in [-0.1, -0.05) is 0 Å². The first-order valence-electron chi connectivity index (χ1n) is 4.43. The minimum Gasteiger partial charge on any atom is -0.465 e. The second-order valence-electron chi connectivity index (χ2n) is 3.54. The molecule has 1 amide bonds. The van der Waals surface area contributed by atoms with E-state index in [1.807, 2.05) is 0 Å². The Bertz CT molecular complexity index is 217. The third kappa shape index (κ3) is 3.43. The van der Waals surface area contributed by atoms with E-state index in [4.69, 9.17) is 5.11 Å². The van der Waals surface area contributed by atoms with Crippen LogP contribution in [0.5, 0.6) is 0 Å². The molecule has 1 aliphatic heterocycles. The molecule has 0 aromatic rings. The van der Waals surface area contributed by atoms with Crippen LogP contribution < -0.4 is 0 Å². The molecule has 1 saturated heterocycles. The standard InChI is InChI=1S/C8H12F3NO2/c9-8(10,11)3-1-6-2-4-12(5-6)7(13)14/h6H,1-5H2,(H,13,14). The number of nitrogens with zero attached hydrogens (tertiary/aromatic N) is 1. The van der Waals surface area contributed by atoms with Gasteiger partial charge in [-0.3, -0.25) is 0 Å². The van der Waals surface area contributed by atoms with Crippen molar-refractivity contribution in [3.63, 3.8) is 0 Å². The predicted octanol–water partition coefficient (Wildman–Crippen LogP) is 2.33. The van der Waals surface area contributed by atoms with Gasteiger partial charge in [0, 0.05) is 19.5 Å². The lowest BCUT2D eigenvalue weighted by Gasteiger charge is -2.13. The van der Waals surface area contributed by atoms with Crippen LogP contribution in [0.4, 0.5) is 18.0 Å². The van der Waals surface area contributed by atoms with Crippen LogP contribution in [0.25, 0.3) is 0 Å². The highest BCUT2D eigenvalue weighted by Crippen LogP contribution is 2.28. The molecule has 1 heterocycles. The third-order valence-electron chi connectivity index (χ3n) is 2.39. The van der Waals surface area contributed by atoms with Crippen molar-refractivity contribution in [3.05, 3.63) is 0 Å². The Kier molecular flexibility index (Phi) is 3.23. The second-order valence-corrected chi connectivity index (χ2v) is 3.54. The fourth-order valence-corrected chi connectivity index (χ4v) is 1.61. The minimum absolute atomic E-state index is 0.0350. The van der Waals surface area contributed by atoms with Crippen molar-refractivity contribution in [2.75, 3.05) is 13.1 Å². The maximum absolute atomic E-state index is 11.8. The molecule has 14 heavy (non-hydrogen) atoms. The summed E-state index contributed by atoms with van der Waals surface area (Å²) in [5.41, 5.74) is 0. The molecule has 3 nitrogen and oxygen atoms in total. The number of alkyl halides is 3. The highest BCUT2D eigenvalue weighted by atomic mass is 19.4. The van der Waals surface area contributed by atoms with E-state index < -0.39 is 18.7 Å². The average molecular weight is 211 g/mol. The van der Waals surface area contributed by atoms with Gasteiger partial charge in [-0.25, -0.2) is 4.79 Å². The molecule has 0 aliphatic carbocycles. The number of rotatable bonds is 2. The van der Waals surface area contributed by atoms with Crippen LogP contribution in [-0.4, -0.2) is 35.4 Å². The van der Waals surface area contributed by atoms with Gasteiger partial charge in [0.15, 0.2) is 0 Å². The molecule has 1 aliphatic rings. The predicted molar refractivity (Wildman–Crippen MR) is 43.0 cm³/mol. The molecule has 0 aromatic heterocycles. The van der Waals surface area contributed by atoms with Crippen molar-refractivity contribution < 1.29 is 23.1 Å². The summed E-state index contributed by atoms with van der Waals surface area (Å²) in [5.74, 6) is -0.132. The molecular formula is C8H12F3NO2. The molecule has 0 aromatic carbocycles. The monoisotopic (exact) mass is 211 g/mol. The van der Waals surface area contributed by atoms with Gasteiger partial charge in [0.1, 0.15) is 0 Å². The zero-order valence-electron chi connectivity index (χ0n) is 7.55. The molecule has 1 atom stereocenters. The van der Waals surface area contributed by atoms with Gasteiger partial charge in [0.25, 0.3) is 0 Å². The maximum atomic E-state index is 11.8. The maximum Gasteiger partial charge on any atom is 0.407 e. The Morgan fingerprint density at radius 1 is 1.50 bits per heavy atom. The molecule has 1 unspecified atom stereocenters. The number of hydrogen-bond acceptors (Lipinski definition) is 1. The summed E-state index contributed by atoms with van der Waals surface area (Å²) in [6.45, 7) is 0.600. The van der Waals surface area contributed by atoms with Gasteiger partial charge in [0.2, 0.25) is 0 Å². The Morgan fingerprint density at radius 2 is 2.14 bits per heavy atom. The van der Waals surface area contributed by atoms with Gasteiger partial charge in [0.05, 0.1) is 0 Å². The Hall–Kier alpha value is -0.940. The first-order valence-corrected chi connectivity index (χ1v) is 4.43. The topological polar surface area (TPSA) is 40.5 Å². The largest absolute Gasteiger partial charge is 0.465 e. The minimum atomic E-state index is -4.13. The van der Waals surface area contributed by atoms with Crippen molar-refractivity contribution >= 4 is 6.09 Å². The van der Waals surface area contributed by atoms with Gasteiger partial charge in [-0.2, -0.15) is 13.2 Å². The van der Waals surface area contributed by atoms with Crippen LogP contribution in [0.15, 0.2) is 0 Å². The van der Waals surface area contributed by atoms with E-state index in [9.17, 15) is 18.0 Å². The average Bonchev–Trinajstić information content (AvgIpc) is 2.47. The number of carbonyl (C=O) groups is 1. The molecule has 0 bridgehead atoms.